The molecule has 1 saturated heterocycles. The van der Waals surface area contributed by atoms with E-state index in [4.69, 9.17) is 4.74 Å². The molecule has 2 aromatic rings. The van der Waals surface area contributed by atoms with Gasteiger partial charge in [0.25, 0.3) is 11.1 Å². The van der Waals surface area contributed by atoms with Gasteiger partial charge in [0.15, 0.2) is 0 Å². The van der Waals surface area contributed by atoms with Crippen LogP contribution in [0.5, 0.6) is 5.75 Å². The number of methoxy groups -OCH3 is 1. The smallest absolute Gasteiger partial charge is 0.287 e. The van der Waals surface area contributed by atoms with Crippen LogP contribution >= 0.6 is 27.7 Å². The van der Waals surface area contributed by atoms with Crippen LogP contribution in [-0.2, 0) is 14.6 Å². The van der Waals surface area contributed by atoms with Crippen molar-refractivity contribution in [1.82, 2.24) is 5.32 Å². The number of carbonyl (C=O) groups excluding carboxylic acids is 2. The predicted molar refractivity (Wildman–Crippen MR) is 124 cm³/mol. The number of hydrogen-bond donors (Lipinski definition) is 1. The Morgan fingerprint density at radius 2 is 1.87 bits per heavy atom. The van der Waals surface area contributed by atoms with E-state index in [9.17, 15) is 18.0 Å². The first kappa shape index (κ1) is 23.4. The average Bonchev–Trinajstić information content (AvgIpc) is 3.03. The number of amides is 2. The Bertz CT molecular complexity index is 1180. The highest BCUT2D eigenvalue weighted by atomic mass is 79.9. The van der Waals surface area contributed by atoms with Crippen LogP contribution in [0.1, 0.15) is 30.4 Å². The lowest BCUT2D eigenvalue weighted by Gasteiger charge is -2.24. The molecule has 0 spiro atoms. The van der Waals surface area contributed by atoms with Crippen LogP contribution in [0.3, 0.4) is 0 Å². The predicted octanol–water partition coefficient (Wildman–Crippen LogP) is 4.44. The summed E-state index contributed by atoms with van der Waals surface area (Å²) in [6.45, 7) is 1.95. The summed E-state index contributed by atoms with van der Waals surface area (Å²) in [5, 5.41) is 1.46. The first-order valence-electron chi connectivity index (χ1n) is 9.38. The maximum absolute atomic E-state index is 13.4. The van der Waals surface area contributed by atoms with Gasteiger partial charge in [-0.1, -0.05) is 27.8 Å². The molecule has 2 aromatic carbocycles. The summed E-state index contributed by atoms with van der Waals surface area (Å²) in [6, 6.07) is 11.5. The fraction of sp³-hybridized carbons (Fsp3) is 0.273. The fourth-order valence-corrected chi connectivity index (χ4v) is 7.01. The number of carbonyl (C=O) groups is 2. The van der Waals surface area contributed by atoms with E-state index < -0.39 is 25.1 Å². The molecular weight excluding hydrogens is 502 g/mol. The van der Waals surface area contributed by atoms with Gasteiger partial charge in [0.2, 0.25) is 13.9 Å². The summed E-state index contributed by atoms with van der Waals surface area (Å²) in [5.74, 6) is 5.79. The molecule has 0 saturated carbocycles. The maximum Gasteiger partial charge on any atom is 0.287 e. The molecule has 1 fully saturated rings. The molecule has 3 rings (SSSR count). The monoisotopic (exact) mass is 521 g/mol. The standard InChI is InChI=1S/C22H20BrNO5S2/c1-15-14-17(23)8-7-16(15)6-4-3-5-13-22(20(25)24-21(26)30-22)31(27,28)19-11-9-18(29-2)10-12-19/h7-12,14H,3,5,13H2,1-2H3,(H,24,25,26). The average molecular weight is 522 g/mol. The molecule has 1 N–H and O–H groups in total. The van der Waals surface area contributed by atoms with Gasteiger partial charge in [0.05, 0.1) is 12.0 Å². The van der Waals surface area contributed by atoms with Gasteiger partial charge < -0.3 is 4.74 Å². The van der Waals surface area contributed by atoms with E-state index in [2.05, 4.69) is 33.1 Å². The molecule has 6 nitrogen and oxygen atoms in total. The third kappa shape index (κ3) is 4.81. The zero-order chi connectivity index (χ0) is 22.6. The van der Waals surface area contributed by atoms with Gasteiger partial charge in [0.1, 0.15) is 5.75 Å². The van der Waals surface area contributed by atoms with Gasteiger partial charge in [-0.3, -0.25) is 14.9 Å². The summed E-state index contributed by atoms with van der Waals surface area (Å²) in [4.78, 5) is 24.5. The van der Waals surface area contributed by atoms with Crippen molar-refractivity contribution in [2.45, 2.75) is 35.2 Å². The number of thioether (sulfide) groups is 1. The Balaban J connectivity index is 1.81. The van der Waals surface area contributed by atoms with Crippen LogP contribution in [0.25, 0.3) is 0 Å². The molecule has 0 radical (unpaired) electrons. The van der Waals surface area contributed by atoms with E-state index in [1.165, 1.54) is 31.4 Å². The Morgan fingerprint density at radius 1 is 1.16 bits per heavy atom. The summed E-state index contributed by atoms with van der Waals surface area (Å²) < 4.78 is 30.8. The van der Waals surface area contributed by atoms with Crippen LogP contribution in [0, 0.1) is 18.8 Å². The molecule has 162 valence electrons. The van der Waals surface area contributed by atoms with Crippen molar-refractivity contribution in [2.75, 3.05) is 7.11 Å². The van der Waals surface area contributed by atoms with E-state index in [1.807, 2.05) is 25.1 Å². The van der Waals surface area contributed by atoms with E-state index in [0.717, 1.165) is 15.6 Å². The number of rotatable bonds is 6. The third-order valence-corrected chi connectivity index (χ3v) is 9.40. The van der Waals surface area contributed by atoms with E-state index in [0.29, 0.717) is 30.4 Å². The lowest BCUT2D eigenvalue weighted by molar-refractivity contribution is -0.120. The highest BCUT2D eigenvalue weighted by molar-refractivity contribution is 9.10. The number of benzene rings is 2. The van der Waals surface area contributed by atoms with E-state index in [1.54, 1.807) is 0 Å². The molecule has 31 heavy (non-hydrogen) atoms. The van der Waals surface area contributed by atoms with Crippen molar-refractivity contribution in [2.24, 2.45) is 0 Å². The number of unbranched alkanes of at least 4 members (excludes halogenated alkanes) is 1. The van der Waals surface area contributed by atoms with Crippen LogP contribution in [0.4, 0.5) is 4.79 Å². The summed E-state index contributed by atoms with van der Waals surface area (Å²) in [6.07, 6.45) is 0.695. The van der Waals surface area contributed by atoms with Gasteiger partial charge in [0, 0.05) is 16.5 Å². The van der Waals surface area contributed by atoms with E-state index in [-0.39, 0.29) is 11.3 Å². The molecule has 1 heterocycles. The molecule has 0 bridgehead atoms. The van der Waals surface area contributed by atoms with Crippen molar-refractivity contribution in [3.8, 4) is 17.6 Å². The molecule has 2 amide bonds. The van der Waals surface area contributed by atoms with Crippen molar-refractivity contribution in [1.29, 1.82) is 0 Å². The summed E-state index contributed by atoms with van der Waals surface area (Å²) >= 11 is 3.93. The highest BCUT2D eigenvalue weighted by Gasteiger charge is 2.57. The normalized spacial score (nSPS) is 18.3. The topological polar surface area (TPSA) is 89.5 Å². The second kappa shape index (κ2) is 9.47. The molecule has 0 aliphatic carbocycles. The zero-order valence-corrected chi connectivity index (χ0v) is 20.1. The number of nitrogens with one attached hydrogen (secondary N) is 1. The molecule has 9 heteroatoms. The van der Waals surface area contributed by atoms with Crippen molar-refractivity contribution >= 4 is 48.7 Å². The van der Waals surface area contributed by atoms with Gasteiger partial charge in [-0.05, 0) is 79.6 Å². The van der Waals surface area contributed by atoms with Gasteiger partial charge in [-0.25, -0.2) is 8.42 Å². The number of halogens is 1. The quantitative estimate of drug-likeness (QED) is 0.446. The van der Waals surface area contributed by atoms with Crippen molar-refractivity contribution in [3.63, 3.8) is 0 Å². The van der Waals surface area contributed by atoms with Crippen LogP contribution in [0.15, 0.2) is 51.8 Å². The van der Waals surface area contributed by atoms with Crippen LogP contribution in [-0.4, -0.2) is 30.8 Å². The SMILES string of the molecule is COc1ccc(S(=O)(=O)C2(CCCC#Cc3ccc(Br)cc3C)SC(=O)NC2=O)cc1. The van der Waals surface area contributed by atoms with Crippen LogP contribution < -0.4 is 10.1 Å². The molecule has 1 aliphatic heterocycles. The Kier molecular flexibility index (Phi) is 7.14. The number of aryl methyl sites for hydroxylation is 1. The lowest BCUT2D eigenvalue weighted by Crippen LogP contribution is -2.43. The summed E-state index contributed by atoms with van der Waals surface area (Å²) in [7, 11) is -2.66. The number of imide groups is 1. The van der Waals surface area contributed by atoms with Crippen molar-refractivity contribution in [3.05, 3.63) is 58.1 Å². The van der Waals surface area contributed by atoms with E-state index >= 15 is 0 Å². The second-order valence-electron chi connectivity index (χ2n) is 6.89. The number of hydrogen-bond acceptors (Lipinski definition) is 6. The van der Waals surface area contributed by atoms with Gasteiger partial charge >= 0.3 is 0 Å². The molecule has 0 aromatic heterocycles. The Morgan fingerprint density at radius 3 is 2.45 bits per heavy atom. The fourth-order valence-electron chi connectivity index (χ4n) is 3.17. The minimum atomic E-state index is -4.14. The molecular formula is C22H20BrNO5S2. The molecule has 1 unspecified atom stereocenters. The van der Waals surface area contributed by atoms with Crippen molar-refractivity contribution < 1.29 is 22.7 Å². The number of ether oxygens (including phenoxy) is 1. The zero-order valence-electron chi connectivity index (χ0n) is 16.9. The third-order valence-electron chi connectivity index (χ3n) is 4.84. The minimum absolute atomic E-state index is 0.0302. The first-order valence-corrected chi connectivity index (χ1v) is 12.5. The minimum Gasteiger partial charge on any atom is -0.497 e. The lowest BCUT2D eigenvalue weighted by atomic mass is 10.1. The second-order valence-corrected chi connectivity index (χ2v) is 11.5. The largest absolute Gasteiger partial charge is 0.497 e. The van der Waals surface area contributed by atoms with Crippen LogP contribution in [0.2, 0.25) is 0 Å². The summed E-state index contributed by atoms with van der Waals surface area (Å²) in [5.41, 5.74) is 1.91. The molecule has 1 aliphatic rings. The number of sulfone groups is 1. The maximum atomic E-state index is 13.4. The Labute approximate surface area is 194 Å². The highest BCUT2D eigenvalue weighted by Crippen LogP contribution is 2.44. The molecule has 1 atom stereocenters. The van der Waals surface area contributed by atoms with Gasteiger partial charge in [-0.15, -0.1) is 0 Å². The van der Waals surface area contributed by atoms with Gasteiger partial charge in [-0.2, -0.15) is 0 Å². The first-order chi connectivity index (χ1) is 14.7. The Hall–Kier alpha value is -2.28.